The normalized spacial score (nSPS) is 25.5. The summed E-state index contributed by atoms with van der Waals surface area (Å²) in [4.78, 5) is 39.8. The number of carbonyl (C=O) groups excluding carboxylic acids is 2. The van der Waals surface area contributed by atoms with Crippen LogP contribution in [0.1, 0.15) is 99.8 Å². The Balaban J connectivity index is 2.63. The van der Waals surface area contributed by atoms with E-state index in [1.165, 1.54) is 5.57 Å². The van der Waals surface area contributed by atoms with Crippen LogP contribution in [0, 0.1) is 23.2 Å². The average molecular weight is 489 g/mol. The van der Waals surface area contributed by atoms with Crippen molar-refractivity contribution in [2.24, 2.45) is 23.2 Å². The molecule has 0 fully saturated rings. The van der Waals surface area contributed by atoms with Gasteiger partial charge in [0.1, 0.15) is 23.2 Å². The molecule has 35 heavy (non-hydrogen) atoms. The summed E-state index contributed by atoms with van der Waals surface area (Å²) in [5.74, 6) is -3.52. The number of aliphatic carboxylic acids is 1. The van der Waals surface area contributed by atoms with Gasteiger partial charge in [-0.05, 0) is 58.8 Å². The molecule has 2 N–H and O–H groups in total. The molecule has 6 nitrogen and oxygen atoms in total. The molecule has 1 heterocycles. The lowest BCUT2D eigenvalue weighted by Crippen LogP contribution is -2.48. The summed E-state index contributed by atoms with van der Waals surface area (Å²) in [6.07, 6.45) is 6.74. The van der Waals surface area contributed by atoms with Crippen LogP contribution < -0.4 is 0 Å². The monoisotopic (exact) mass is 488 g/mol. The van der Waals surface area contributed by atoms with Crippen LogP contribution in [0.25, 0.3) is 0 Å². The van der Waals surface area contributed by atoms with Gasteiger partial charge in [-0.1, -0.05) is 58.6 Å². The molecule has 2 aliphatic rings. The van der Waals surface area contributed by atoms with Gasteiger partial charge in [-0.3, -0.25) is 14.4 Å². The summed E-state index contributed by atoms with van der Waals surface area (Å²) < 4.78 is 6.03. The third kappa shape index (κ3) is 6.07. The largest absolute Gasteiger partial charge is 0.511 e. The summed E-state index contributed by atoms with van der Waals surface area (Å²) in [5, 5.41) is 21.8. The van der Waals surface area contributed by atoms with Crippen LogP contribution >= 0.6 is 0 Å². The van der Waals surface area contributed by atoms with Crippen molar-refractivity contribution in [3.8, 4) is 0 Å². The van der Waals surface area contributed by atoms with Gasteiger partial charge in [-0.25, -0.2) is 0 Å². The molecule has 0 amide bonds. The van der Waals surface area contributed by atoms with E-state index in [1.54, 1.807) is 13.8 Å². The minimum absolute atomic E-state index is 0.00751. The van der Waals surface area contributed by atoms with Crippen molar-refractivity contribution in [2.75, 3.05) is 0 Å². The van der Waals surface area contributed by atoms with Gasteiger partial charge in [0.25, 0.3) is 0 Å². The molecule has 6 heteroatoms. The fraction of sp³-hybridized carbons (Fsp3) is 0.690. The Bertz CT molecular complexity index is 917. The third-order valence-electron chi connectivity index (χ3n) is 7.35. The van der Waals surface area contributed by atoms with Gasteiger partial charge in [0.2, 0.25) is 0 Å². The Morgan fingerprint density at radius 3 is 2.34 bits per heavy atom. The first-order valence-electron chi connectivity index (χ1n) is 13.2. The Labute approximate surface area is 210 Å². The van der Waals surface area contributed by atoms with Crippen molar-refractivity contribution >= 4 is 17.5 Å². The number of carboxylic acid groups (broad SMARTS) is 1. The minimum Gasteiger partial charge on any atom is -0.511 e. The number of Topliss-reactive ketones (excluding diaryl/α,β-unsaturated/α-hetero) is 2. The summed E-state index contributed by atoms with van der Waals surface area (Å²) >= 11 is 0. The minimum atomic E-state index is -1.31. The van der Waals surface area contributed by atoms with Gasteiger partial charge >= 0.3 is 5.97 Å². The van der Waals surface area contributed by atoms with Crippen molar-refractivity contribution < 1.29 is 29.3 Å². The van der Waals surface area contributed by atoms with Gasteiger partial charge in [0.05, 0.1) is 17.3 Å². The smallest absolute Gasteiger partial charge is 0.311 e. The predicted octanol–water partition coefficient (Wildman–Crippen LogP) is 6.71. The molecule has 0 spiro atoms. The number of unbranched alkanes of at least 4 members (excludes halogenated alkanes) is 3. The first-order valence-corrected chi connectivity index (χ1v) is 13.2. The number of allylic oxidation sites excluding steroid dienone is 5. The number of hydrogen-bond acceptors (Lipinski definition) is 5. The molecule has 0 aromatic rings. The third-order valence-corrected chi connectivity index (χ3v) is 7.35. The van der Waals surface area contributed by atoms with Crippen molar-refractivity contribution in [1.82, 2.24) is 0 Å². The quantitative estimate of drug-likeness (QED) is 0.180. The number of ketones is 2. The van der Waals surface area contributed by atoms with Crippen LogP contribution in [0.3, 0.4) is 0 Å². The van der Waals surface area contributed by atoms with Crippen LogP contribution in [0.2, 0.25) is 0 Å². The van der Waals surface area contributed by atoms with Gasteiger partial charge in [0.15, 0.2) is 11.6 Å². The van der Waals surface area contributed by atoms with E-state index in [4.69, 9.17) is 4.74 Å². The molecule has 4 atom stereocenters. The maximum absolute atomic E-state index is 14.1. The van der Waals surface area contributed by atoms with Gasteiger partial charge in [0, 0.05) is 5.57 Å². The van der Waals surface area contributed by atoms with Crippen molar-refractivity contribution in [3.63, 3.8) is 0 Å². The van der Waals surface area contributed by atoms with Crippen molar-refractivity contribution in [2.45, 2.75) is 106 Å². The van der Waals surface area contributed by atoms with E-state index in [1.807, 2.05) is 20.8 Å². The molecule has 0 bridgehead atoms. The molecular weight excluding hydrogens is 444 g/mol. The Morgan fingerprint density at radius 1 is 1.14 bits per heavy atom. The van der Waals surface area contributed by atoms with E-state index in [0.717, 1.165) is 19.3 Å². The summed E-state index contributed by atoms with van der Waals surface area (Å²) in [6, 6.07) is 0. The number of aliphatic hydroxyl groups is 1. The molecule has 0 unspecified atom stereocenters. The average Bonchev–Trinajstić information content (AvgIpc) is 2.76. The molecule has 2 rings (SSSR count). The zero-order valence-corrected chi connectivity index (χ0v) is 22.6. The van der Waals surface area contributed by atoms with Crippen molar-refractivity contribution in [3.05, 3.63) is 34.3 Å². The SMILES string of the molecule is CCC[C@@H](C(=O)O)C1=C(O)[C@@](CCCCCC=C(C)C)(CC(C)C)C(=O)C2=C1O[C@@H](C)[C@H](C)C2=O. The van der Waals surface area contributed by atoms with Crippen LogP contribution in [0.15, 0.2) is 34.3 Å². The zero-order chi connectivity index (χ0) is 26.5. The summed E-state index contributed by atoms with van der Waals surface area (Å²) in [6.45, 7) is 13.4. The van der Waals surface area contributed by atoms with Gasteiger partial charge < -0.3 is 14.9 Å². The van der Waals surface area contributed by atoms with Crippen molar-refractivity contribution in [1.29, 1.82) is 0 Å². The van der Waals surface area contributed by atoms with E-state index in [0.29, 0.717) is 25.7 Å². The van der Waals surface area contributed by atoms with Gasteiger partial charge in [-0.15, -0.1) is 0 Å². The first kappa shape index (κ1) is 28.9. The van der Waals surface area contributed by atoms with Gasteiger partial charge in [-0.2, -0.15) is 0 Å². The second-order valence-electron chi connectivity index (χ2n) is 11.0. The molecule has 196 valence electrons. The Kier molecular flexibility index (Phi) is 9.94. The Hall–Kier alpha value is -2.37. The summed E-state index contributed by atoms with van der Waals surface area (Å²) in [5.41, 5.74) is 0.0463. The van der Waals surface area contributed by atoms with Crippen LogP contribution in [0.4, 0.5) is 0 Å². The van der Waals surface area contributed by atoms with E-state index >= 15 is 0 Å². The fourth-order valence-electron chi connectivity index (χ4n) is 5.39. The highest BCUT2D eigenvalue weighted by atomic mass is 16.5. The number of hydrogen-bond donors (Lipinski definition) is 2. The molecule has 0 aromatic carbocycles. The van der Waals surface area contributed by atoms with E-state index in [-0.39, 0.29) is 40.8 Å². The molecule has 1 aliphatic heterocycles. The predicted molar refractivity (Wildman–Crippen MR) is 137 cm³/mol. The number of carboxylic acids is 1. The van der Waals surface area contributed by atoms with E-state index < -0.39 is 35.1 Å². The van der Waals surface area contributed by atoms with E-state index in [9.17, 15) is 24.6 Å². The highest BCUT2D eigenvalue weighted by Gasteiger charge is 2.55. The van der Waals surface area contributed by atoms with Crippen LogP contribution in [-0.2, 0) is 19.1 Å². The molecule has 0 saturated carbocycles. The van der Waals surface area contributed by atoms with Crippen LogP contribution in [0.5, 0.6) is 0 Å². The molecular formula is C29H44O6. The lowest BCUT2D eigenvalue weighted by Gasteiger charge is -2.43. The second-order valence-corrected chi connectivity index (χ2v) is 11.0. The molecule has 0 aromatic heterocycles. The number of aliphatic hydroxyl groups excluding tert-OH is 1. The Morgan fingerprint density at radius 2 is 1.80 bits per heavy atom. The number of ether oxygens (including phenoxy) is 1. The molecule has 0 radical (unpaired) electrons. The zero-order valence-electron chi connectivity index (χ0n) is 22.6. The lowest BCUT2D eigenvalue weighted by molar-refractivity contribution is -0.142. The number of rotatable bonds is 12. The summed E-state index contributed by atoms with van der Waals surface area (Å²) in [7, 11) is 0. The number of carbonyl (C=O) groups is 3. The highest BCUT2D eigenvalue weighted by Crippen LogP contribution is 2.52. The lowest BCUT2D eigenvalue weighted by atomic mass is 9.62. The fourth-order valence-corrected chi connectivity index (χ4v) is 5.39. The molecule has 1 aliphatic carbocycles. The second kappa shape index (κ2) is 12.0. The van der Waals surface area contributed by atoms with E-state index in [2.05, 4.69) is 19.9 Å². The topological polar surface area (TPSA) is 101 Å². The maximum atomic E-state index is 14.1. The molecule has 0 saturated heterocycles. The first-order chi connectivity index (χ1) is 16.4. The van der Waals surface area contributed by atoms with Crippen LogP contribution in [-0.4, -0.2) is 33.9 Å². The maximum Gasteiger partial charge on any atom is 0.311 e. The standard InChI is InChI=1S/C29H44O6/c1-8-13-21(28(33)34)22-25-23(24(30)19(6)20(7)35-25)27(32)29(26(22)31,16-18(4)5)15-12-10-9-11-14-17(2)3/h14,18-21,31H,8-13,15-16H2,1-7H3,(H,33,34)/t19-,20-,21+,29+/m0/s1. The highest BCUT2D eigenvalue weighted by molar-refractivity contribution is 6.25.